The maximum Gasteiger partial charge on any atom is 0.280 e. The van der Waals surface area contributed by atoms with Crippen molar-refractivity contribution in [3.8, 4) is 11.5 Å². The number of hydrogen-bond acceptors (Lipinski definition) is 4. The van der Waals surface area contributed by atoms with Crippen LogP contribution in [0.2, 0.25) is 0 Å². The Labute approximate surface area is 152 Å². The monoisotopic (exact) mass is 362 g/mol. The smallest absolute Gasteiger partial charge is 0.280 e. The molecule has 1 aromatic heterocycles. The first-order valence-corrected chi connectivity index (χ1v) is 8.98. The molecule has 6 heteroatoms. The van der Waals surface area contributed by atoms with Crippen molar-refractivity contribution in [3.63, 3.8) is 0 Å². The second-order valence-electron chi connectivity index (χ2n) is 6.06. The van der Waals surface area contributed by atoms with Gasteiger partial charge in [-0.05, 0) is 16.8 Å². The number of aryl methyl sites for hydroxylation is 1. The summed E-state index contributed by atoms with van der Waals surface area (Å²) < 4.78 is 13.8. The van der Waals surface area contributed by atoms with Crippen molar-refractivity contribution in [2.24, 2.45) is 12.0 Å². The summed E-state index contributed by atoms with van der Waals surface area (Å²) in [5.41, 5.74) is 1.57. The second kappa shape index (κ2) is 5.71. The summed E-state index contributed by atoms with van der Waals surface area (Å²) in [6.07, 6.45) is 0. The van der Waals surface area contributed by atoms with Gasteiger partial charge < -0.3 is 14.0 Å². The van der Waals surface area contributed by atoms with Gasteiger partial charge in [-0.2, -0.15) is 4.99 Å². The minimum atomic E-state index is -0.246. The van der Waals surface area contributed by atoms with E-state index in [4.69, 9.17) is 9.47 Å². The summed E-state index contributed by atoms with van der Waals surface area (Å²) in [5.74, 6) is 1.20. The molecule has 0 spiro atoms. The number of ether oxygens (including phenoxy) is 2. The number of carbonyl (C=O) groups is 1. The first kappa shape index (κ1) is 15.2. The van der Waals surface area contributed by atoms with Gasteiger partial charge >= 0.3 is 0 Å². The molecule has 5 rings (SSSR count). The van der Waals surface area contributed by atoms with Crippen molar-refractivity contribution in [1.82, 2.24) is 4.57 Å². The van der Waals surface area contributed by atoms with Crippen LogP contribution in [0.1, 0.15) is 10.4 Å². The van der Waals surface area contributed by atoms with Crippen LogP contribution in [0.4, 0.5) is 0 Å². The fraction of sp³-hybridized carbons (Fsp3) is 0.100. The van der Waals surface area contributed by atoms with E-state index in [9.17, 15) is 4.79 Å². The summed E-state index contributed by atoms with van der Waals surface area (Å²) >= 11 is 1.46. The number of fused-ring (bicyclic) bond motifs is 3. The molecule has 0 bridgehead atoms. The van der Waals surface area contributed by atoms with Crippen LogP contribution in [0.5, 0.6) is 11.5 Å². The van der Waals surface area contributed by atoms with E-state index in [0.29, 0.717) is 10.4 Å². The highest BCUT2D eigenvalue weighted by atomic mass is 32.1. The Morgan fingerprint density at radius 2 is 1.85 bits per heavy atom. The molecule has 0 unspecified atom stereocenters. The van der Waals surface area contributed by atoms with Gasteiger partial charge in [0, 0.05) is 24.7 Å². The van der Waals surface area contributed by atoms with Gasteiger partial charge in [0.25, 0.3) is 5.91 Å². The van der Waals surface area contributed by atoms with Crippen LogP contribution in [0, 0.1) is 0 Å². The molecule has 3 aromatic carbocycles. The van der Waals surface area contributed by atoms with E-state index < -0.39 is 0 Å². The third-order valence-corrected chi connectivity index (χ3v) is 5.62. The molecule has 26 heavy (non-hydrogen) atoms. The Morgan fingerprint density at radius 1 is 1.08 bits per heavy atom. The van der Waals surface area contributed by atoms with E-state index >= 15 is 0 Å². The van der Waals surface area contributed by atoms with Gasteiger partial charge in [-0.15, -0.1) is 0 Å². The van der Waals surface area contributed by atoms with Crippen molar-refractivity contribution >= 4 is 38.2 Å². The third kappa shape index (κ3) is 2.30. The zero-order chi connectivity index (χ0) is 17.7. The SMILES string of the molecule is Cn1c(=NC(=O)c2cccc3ccccc23)sc2cc3c(cc21)OCO3. The number of nitrogens with zero attached hydrogens (tertiary/aromatic N) is 2. The Bertz CT molecular complexity index is 1250. The predicted molar refractivity (Wildman–Crippen MR) is 101 cm³/mol. The van der Waals surface area contributed by atoms with Gasteiger partial charge in [-0.25, -0.2) is 0 Å². The summed E-state index contributed by atoms with van der Waals surface area (Å²) in [6.45, 7) is 0.243. The van der Waals surface area contributed by atoms with Gasteiger partial charge in [0.1, 0.15) is 0 Å². The van der Waals surface area contributed by atoms with Crippen molar-refractivity contribution in [2.75, 3.05) is 6.79 Å². The lowest BCUT2D eigenvalue weighted by molar-refractivity contribution is 0.0999. The highest BCUT2D eigenvalue weighted by Gasteiger charge is 2.17. The van der Waals surface area contributed by atoms with Gasteiger partial charge in [0.15, 0.2) is 16.3 Å². The number of rotatable bonds is 1. The Morgan fingerprint density at radius 3 is 2.73 bits per heavy atom. The topological polar surface area (TPSA) is 52.8 Å². The molecule has 0 saturated heterocycles. The Kier molecular flexibility index (Phi) is 3.33. The summed E-state index contributed by atoms with van der Waals surface area (Å²) in [4.78, 5) is 17.9. The predicted octanol–water partition coefficient (Wildman–Crippen LogP) is 3.86. The van der Waals surface area contributed by atoms with E-state index in [0.717, 1.165) is 32.5 Å². The molecular weight excluding hydrogens is 348 g/mol. The number of hydrogen-bond donors (Lipinski definition) is 0. The number of amides is 1. The van der Waals surface area contributed by atoms with Crippen LogP contribution in [0.25, 0.3) is 21.0 Å². The van der Waals surface area contributed by atoms with E-state index in [1.165, 1.54) is 11.3 Å². The molecule has 0 N–H and O–H groups in total. The van der Waals surface area contributed by atoms with Crippen LogP contribution >= 0.6 is 11.3 Å². The van der Waals surface area contributed by atoms with Crippen LogP contribution in [-0.2, 0) is 7.05 Å². The van der Waals surface area contributed by atoms with Crippen molar-refractivity contribution in [2.45, 2.75) is 0 Å². The quantitative estimate of drug-likeness (QED) is 0.517. The number of carbonyl (C=O) groups excluding carboxylic acids is 1. The molecule has 128 valence electrons. The van der Waals surface area contributed by atoms with Crippen molar-refractivity contribution in [1.29, 1.82) is 0 Å². The van der Waals surface area contributed by atoms with E-state index in [-0.39, 0.29) is 12.7 Å². The first-order chi connectivity index (χ1) is 12.7. The molecule has 0 atom stereocenters. The van der Waals surface area contributed by atoms with Gasteiger partial charge in [0.05, 0.1) is 10.2 Å². The molecule has 0 aliphatic carbocycles. The standard InChI is InChI=1S/C20H14N2O3S/c1-22-15-9-16-17(25-11-24-16)10-18(15)26-20(22)21-19(23)14-8-4-6-12-5-2-3-7-13(12)14/h2-10H,11H2,1H3. The average molecular weight is 362 g/mol. The summed E-state index contributed by atoms with van der Waals surface area (Å²) in [7, 11) is 1.90. The number of aromatic nitrogens is 1. The third-order valence-electron chi connectivity index (χ3n) is 4.52. The normalized spacial score (nSPS) is 13.7. The molecule has 5 nitrogen and oxygen atoms in total. The molecule has 1 amide bonds. The lowest BCUT2D eigenvalue weighted by atomic mass is 10.0. The molecule has 0 fully saturated rings. The summed E-state index contributed by atoms with van der Waals surface area (Å²) in [6, 6.07) is 17.4. The van der Waals surface area contributed by atoms with Crippen LogP contribution < -0.4 is 14.3 Å². The molecular formula is C20H14N2O3S. The zero-order valence-electron chi connectivity index (χ0n) is 13.9. The summed E-state index contributed by atoms with van der Waals surface area (Å²) in [5, 5.41) is 1.94. The van der Waals surface area contributed by atoms with Gasteiger partial charge in [0.2, 0.25) is 6.79 Å². The Hall–Kier alpha value is -3.12. The largest absolute Gasteiger partial charge is 0.454 e. The zero-order valence-corrected chi connectivity index (χ0v) is 14.7. The molecule has 2 heterocycles. The van der Waals surface area contributed by atoms with Gasteiger partial charge in [-0.3, -0.25) is 4.79 Å². The number of benzene rings is 3. The number of thiazole rings is 1. The highest BCUT2D eigenvalue weighted by molar-refractivity contribution is 7.16. The lowest BCUT2D eigenvalue weighted by Gasteiger charge is -2.02. The van der Waals surface area contributed by atoms with Crippen molar-refractivity contribution in [3.05, 3.63) is 65.0 Å². The molecule has 0 radical (unpaired) electrons. The molecule has 1 aliphatic rings. The first-order valence-electron chi connectivity index (χ1n) is 8.17. The van der Waals surface area contributed by atoms with Crippen LogP contribution in [0.3, 0.4) is 0 Å². The molecule has 0 saturated carbocycles. The van der Waals surface area contributed by atoms with Crippen LogP contribution in [-0.4, -0.2) is 17.3 Å². The minimum Gasteiger partial charge on any atom is -0.454 e. The Balaban J connectivity index is 1.66. The fourth-order valence-electron chi connectivity index (χ4n) is 3.18. The maximum absolute atomic E-state index is 12.8. The molecule has 1 aliphatic heterocycles. The molecule has 4 aromatic rings. The lowest BCUT2D eigenvalue weighted by Crippen LogP contribution is -2.13. The second-order valence-corrected chi connectivity index (χ2v) is 7.07. The van der Waals surface area contributed by atoms with Gasteiger partial charge in [-0.1, -0.05) is 47.7 Å². The average Bonchev–Trinajstić information content (AvgIpc) is 3.24. The fourth-order valence-corrected chi connectivity index (χ4v) is 4.21. The van der Waals surface area contributed by atoms with Crippen LogP contribution in [0.15, 0.2) is 59.6 Å². The van der Waals surface area contributed by atoms with E-state index in [2.05, 4.69) is 4.99 Å². The maximum atomic E-state index is 12.8. The van der Waals surface area contributed by atoms with E-state index in [1.807, 2.05) is 66.2 Å². The highest BCUT2D eigenvalue weighted by Crippen LogP contribution is 2.36. The minimum absolute atomic E-state index is 0.243. The van der Waals surface area contributed by atoms with Crippen molar-refractivity contribution < 1.29 is 14.3 Å². The van der Waals surface area contributed by atoms with E-state index in [1.54, 1.807) is 0 Å².